The number of pyridine rings is 1. The molecule has 3 rings (SSSR count). The van der Waals surface area contributed by atoms with Gasteiger partial charge in [0, 0.05) is 6.20 Å². The quantitative estimate of drug-likeness (QED) is 0.734. The van der Waals surface area contributed by atoms with Gasteiger partial charge in [-0.05, 0) is 49.2 Å². The lowest BCUT2D eigenvalue weighted by atomic mass is 10.1. The average Bonchev–Trinajstić information content (AvgIpc) is 2.82. The Bertz CT molecular complexity index is 820. The van der Waals surface area contributed by atoms with Crippen LogP contribution in [0.15, 0.2) is 36.8 Å². The van der Waals surface area contributed by atoms with Crippen molar-refractivity contribution in [2.24, 2.45) is 5.73 Å². The Morgan fingerprint density at radius 3 is 2.70 bits per heavy atom. The molecule has 0 aliphatic heterocycles. The van der Waals surface area contributed by atoms with Gasteiger partial charge in [-0.3, -0.25) is 9.55 Å². The molecule has 2 heterocycles. The standard InChI is InChI=1S/C15H14N4S/c1-9-6-11-13(7-10(9)2)19(8-18-11)12-4-3-5-17-14(12)15(16)20/h3-8H,1-2H3,(H2,16,20). The van der Waals surface area contributed by atoms with Gasteiger partial charge in [-0.25, -0.2) is 4.98 Å². The van der Waals surface area contributed by atoms with Crippen LogP contribution in [0.5, 0.6) is 0 Å². The molecule has 0 radical (unpaired) electrons. The predicted octanol–water partition coefficient (Wildman–Crippen LogP) is 2.67. The van der Waals surface area contributed by atoms with E-state index >= 15 is 0 Å². The molecule has 0 aliphatic carbocycles. The SMILES string of the molecule is Cc1cc2ncn(-c3cccnc3C(N)=S)c2cc1C. The zero-order valence-corrected chi connectivity index (χ0v) is 12.1. The van der Waals surface area contributed by atoms with Crippen LogP contribution < -0.4 is 5.73 Å². The first kappa shape index (κ1) is 12.7. The third kappa shape index (κ3) is 1.96. The average molecular weight is 282 g/mol. The molecule has 0 fully saturated rings. The highest BCUT2D eigenvalue weighted by molar-refractivity contribution is 7.80. The number of hydrogen-bond donors (Lipinski definition) is 1. The fraction of sp³-hybridized carbons (Fsp3) is 0.133. The maximum Gasteiger partial charge on any atom is 0.124 e. The van der Waals surface area contributed by atoms with Crippen LogP contribution in [0.4, 0.5) is 0 Å². The van der Waals surface area contributed by atoms with Gasteiger partial charge in [0.2, 0.25) is 0 Å². The van der Waals surface area contributed by atoms with Crippen LogP contribution in [-0.4, -0.2) is 19.5 Å². The topological polar surface area (TPSA) is 56.7 Å². The highest BCUT2D eigenvalue weighted by Crippen LogP contribution is 2.23. The largest absolute Gasteiger partial charge is 0.388 e. The van der Waals surface area contributed by atoms with E-state index in [4.69, 9.17) is 18.0 Å². The monoisotopic (exact) mass is 282 g/mol. The Hall–Kier alpha value is -2.27. The number of imidazole rings is 1. The molecule has 4 nitrogen and oxygen atoms in total. The lowest BCUT2D eigenvalue weighted by Gasteiger charge is -2.09. The van der Waals surface area contributed by atoms with Crippen molar-refractivity contribution < 1.29 is 0 Å². The molecule has 1 aromatic carbocycles. The summed E-state index contributed by atoms with van der Waals surface area (Å²) in [6, 6.07) is 8.01. The Labute approximate surface area is 122 Å². The molecule has 0 bridgehead atoms. The normalized spacial score (nSPS) is 10.9. The Kier molecular flexibility index (Phi) is 2.99. The summed E-state index contributed by atoms with van der Waals surface area (Å²) < 4.78 is 1.98. The van der Waals surface area contributed by atoms with Gasteiger partial charge in [0.25, 0.3) is 0 Å². The first-order valence-corrected chi connectivity index (χ1v) is 6.68. The molecule has 0 saturated carbocycles. The minimum atomic E-state index is 0.284. The fourth-order valence-electron chi connectivity index (χ4n) is 2.24. The smallest absolute Gasteiger partial charge is 0.124 e. The van der Waals surface area contributed by atoms with Crippen LogP contribution in [0.3, 0.4) is 0 Å². The van der Waals surface area contributed by atoms with Gasteiger partial charge >= 0.3 is 0 Å². The third-order valence-corrected chi connectivity index (χ3v) is 3.64. The van der Waals surface area contributed by atoms with Crippen molar-refractivity contribution in [2.75, 3.05) is 0 Å². The number of aryl methyl sites for hydroxylation is 2. The lowest BCUT2D eigenvalue weighted by molar-refractivity contribution is 1.06. The van der Waals surface area contributed by atoms with Gasteiger partial charge in [-0.1, -0.05) is 12.2 Å². The number of fused-ring (bicyclic) bond motifs is 1. The first-order chi connectivity index (χ1) is 9.58. The molecule has 0 spiro atoms. The van der Waals surface area contributed by atoms with E-state index in [1.807, 2.05) is 16.7 Å². The molecule has 3 aromatic rings. The van der Waals surface area contributed by atoms with Gasteiger partial charge < -0.3 is 5.73 Å². The zero-order valence-electron chi connectivity index (χ0n) is 11.3. The predicted molar refractivity (Wildman–Crippen MR) is 84.2 cm³/mol. The Morgan fingerprint density at radius 2 is 1.95 bits per heavy atom. The first-order valence-electron chi connectivity index (χ1n) is 6.27. The van der Waals surface area contributed by atoms with E-state index in [0.717, 1.165) is 16.7 Å². The summed E-state index contributed by atoms with van der Waals surface area (Å²) in [6.45, 7) is 4.17. The van der Waals surface area contributed by atoms with Crippen molar-refractivity contribution in [3.05, 3.63) is 53.6 Å². The minimum Gasteiger partial charge on any atom is -0.388 e. The second kappa shape index (κ2) is 4.68. The molecule has 0 aliphatic rings. The molecule has 0 atom stereocenters. The summed E-state index contributed by atoms with van der Waals surface area (Å²) in [5.74, 6) is 0. The molecule has 2 N–H and O–H groups in total. The fourth-order valence-corrected chi connectivity index (χ4v) is 2.39. The van der Waals surface area contributed by atoms with Gasteiger partial charge in [0.05, 0.1) is 16.7 Å². The van der Waals surface area contributed by atoms with Gasteiger partial charge in [-0.2, -0.15) is 0 Å². The maximum atomic E-state index is 5.75. The minimum absolute atomic E-state index is 0.284. The van der Waals surface area contributed by atoms with Gasteiger partial charge in [-0.15, -0.1) is 0 Å². The maximum absolute atomic E-state index is 5.75. The van der Waals surface area contributed by atoms with Crippen LogP contribution in [0.2, 0.25) is 0 Å². The molecule has 0 saturated heterocycles. The number of rotatable bonds is 2. The summed E-state index contributed by atoms with van der Waals surface area (Å²) in [4.78, 5) is 9.00. The van der Waals surface area contributed by atoms with Crippen LogP contribution in [0, 0.1) is 13.8 Å². The Balaban J connectivity index is 2.31. The van der Waals surface area contributed by atoms with E-state index in [0.29, 0.717) is 5.69 Å². The van der Waals surface area contributed by atoms with Crippen LogP contribution in [-0.2, 0) is 0 Å². The highest BCUT2D eigenvalue weighted by atomic mass is 32.1. The van der Waals surface area contributed by atoms with E-state index in [1.54, 1.807) is 12.5 Å². The van der Waals surface area contributed by atoms with E-state index in [9.17, 15) is 0 Å². The number of benzene rings is 1. The van der Waals surface area contributed by atoms with Crippen LogP contribution in [0.1, 0.15) is 16.8 Å². The number of nitrogens with two attached hydrogens (primary N) is 1. The van der Waals surface area contributed by atoms with Crippen molar-refractivity contribution in [3.63, 3.8) is 0 Å². The van der Waals surface area contributed by atoms with E-state index in [-0.39, 0.29) is 4.99 Å². The second-order valence-corrected chi connectivity index (χ2v) is 5.21. The highest BCUT2D eigenvalue weighted by Gasteiger charge is 2.12. The van der Waals surface area contributed by atoms with Gasteiger partial charge in [0.1, 0.15) is 17.0 Å². The number of hydrogen-bond acceptors (Lipinski definition) is 3. The summed E-state index contributed by atoms with van der Waals surface area (Å²) in [7, 11) is 0. The molecule has 100 valence electrons. The number of nitrogens with zero attached hydrogens (tertiary/aromatic N) is 3. The van der Waals surface area contributed by atoms with Crippen LogP contribution in [0.25, 0.3) is 16.7 Å². The lowest BCUT2D eigenvalue weighted by Crippen LogP contribution is -2.15. The molecular weight excluding hydrogens is 268 g/mol. The van der Waals surface area contributed by atoms with Crippen LogP contribution >= 0.6 is 12.2 Å². The summed E-state index contributed by atoms with van der Waals surface area (Å²) in [5.41, 5.74) is 11.6. The third-order valence-electron chi connectivity index (χ3n) is 3.44. The molecule has 0 amide bonds. The number of aromatic nitrogens is 3. The summed E-state index contributed by atoms with van der Waals surface area (Å²) in [6.07, 6.45) is 3.47. The van der Waals surface area contributed by atoms with Crippen molar-refractivity contribution in [1.29, 1.82) is 0 Å². The molecular formula is C15H14N4S. The van der Waals surface area contributed by atoms with Crippen molar-refractivity contribution in [3.8, 4) is 5.69 Å². The molecule has 0 unspecified atom stereocenters. The molecule has 5 heteroatoms. The summed E-state index contributed by atoms with van der Waals surface area (Å²) >= 11 is 5.07. The zero-order chi connectivity index (χ0) is 14.3. The summed E-state index contributed by atoms with van der Waals surface area (Å²) in [5, 5.41) is 0. The van der Waals surface area contributed by atoms with Crippen molar-refractivity contribution in [1.82, 2.24) is 14.5 Å². The number of thiocarbonyl (C=S) groups is 1. The molecule has 2 aromatic heterocycles. The van der Waals surface area contributed by atoms with E-state index in [2.05, 4.69) is 35.9 Å². The molecule has 20 heavy (non-hydrogen) atoms. The van der Waals surface area contributed by atoms with Crippen molar-refractivity contribution in [2.45, 2.75) is 13.8 Å². The van der Waals surface area contributed by atoms with E-state index < -0.39 is 0 Å². The second-order valence-electron chi connectivity index (χ2n) is 4.78. The van der Waals surface area contributed by atoms with Gasteiger partial charge in [0.15, 0.2) is 0 Å². The van der Waals surface area contributed by atoms with Crippen molar-refractivity contribution >= 4 is 28.2 Å². The Morgan fingerprint density at radius 1 is 1.20 bits per heavy atom. The van der Waals surface area contributed by atoms with E-state index in [1.165, 1.54) is 11.1 Å².